The van der Waals surface area contributed by atoms with Crippen LogP contribution in [0.3, 0.4) is 0 Å². The van der Waals surface area contributed by atoms with Crippen molar-refractivity contribution in [2.75, 3.05) is 13.1 Å². The van der Waals surface area contributed by atoms with Crippen molar-refractivity contribution in [1.29, 1.82) is 0 Å². The molecule has 2 aliphatic heterocycles. The molecular weight excluding hydrogens is 334 g/mol. The van der Waals surface area contributed by atoms with Gasteiger partial charge in [-0.1, -0.05) is 18.6 Å². The van der Waals surface area contributed by atoms with E-state index in [-0.39, 0.29) is 6.03 Å². The molecule has 0 unspecified atom stereocenters. The molecule has 0 bridgehead atoms. The highest BCUT2D eigenvalue weighted by Crippen LogP contribution is 2.26. The van der Waals surface area contributed by atoms with Crippen molar-refractivity contribution in [3.8, 4) is 0 Å². The predicted molar refractivity (Wildman–Crippen MR) is 98.3 cm³/mol. The maximum absolute atomic E-state index is 12.5. The second-order valence-electron chi connectivity index (χ2n) is 6.56. The van der Waals surface area contributed by atoms with E-state index in [1.807, 2.05) is 4.90 Å². The number of aromatic nitrogens is 3. The maximum atomic E-state index is 12.5. The van der Waals surface area contributed by atoms with Crippen LogP contribution in [0, 0.1) is 0 Å². The van der Waals surface area contributed by atoms with E-state index in [9.17, 15) is 4.79 Å². The van der Waals surface area contributed by atoms with Gasteiger partial charge in [-0.2, -0.15) is 0 Å². The minimum Gasteiger partial charge on any atom is -0.331 e. The number of amides is 2. The molecule has 4 heterocycles. The first kappa shape index (κ1) is 16.3. The van der Waals surface area contributed by atoms with Gasteiger partial charge in [0.2, 0.25) is 0 Å². The summed E-state index contributed by atoms with van der Waals surface area (Å²) in [5.74, 6) is 1.93. The van der Waals surface area contributed by atoms with Gasteiger partial charge < -0.3 is 14.8 Å². The Bertz CT molecular complexity index is 765. The van der Waals surface area contributed by atoms with E-state index in [0.29, 0.717) is 13.1 Å². The van der Waals surface area contributed by atoms with Crippen molar-refractivity contribution >= 4 is 22.9 Å². The van der Waals surface area contributed by atoms with E-state index < -0.39 is 0 Å². The topological polar surface area (TPSA) is 63.1 Å². The molecule has 0 radical (unpaired) electrons. The first-order chi connectivity index (χ1) is 12.3. The van der Waals surface area contributed by atoms with Gasteiger partial charge in [0, 0.05) is 30.9 Å². The number of fused-ring (bicyclic) bond motifs is 1. The van der Waals surface area contributed by atoms with Gasteiger partial charge in [-0.05, 0) is 36.3 Å². The lowest BCUT2D eigenvalue weighted by atomic mass is 10.1. The SMILES string of the molecule is O=C(NCc1nnc2n1CCCCC2)N1CC=C(c2cccs2)CC1. The summed E-state index contributed by atoms with van der Waals surface area (Å²) in [4.78, 5) is 15.6. The summed E-state index contributed by atoms with van der Waals surface area (Å²) >= 11 is 1.76. The molecule has 0 spiro atoms. The Balaban J connectivity index is 1.34. The summed E-state index contributed by atoms with van der Waals surface area (Å²) < 4.78 is 2.18. The second-order valence-corrected chi connectivity index (χ2v) is 7.50. The largest absolute Gasteiger partial charge is 0.331 e. The van der Waals surface area contributed by atoms with Gasteiger partial charge in [0.05, 0.1) is 6.54 Å². The Morgan fingerprint density at radius 1 is 1.20 bits per heavy atom. The Hall–Kier alpha value is -2.15. The van der Waals surface area contributed by atoms with Crippen LogP contribution in [-0.2, 0) is 19.5 Å². The third-order valence-electron chi connectivity index (χ3n) is 4.92. The third kappa shape index (κ3) is 3.61. The minimum absolute atomic E-state index is 0.0209. The zero-order chi connectivity index (χ0) is 17.1. The number of urea groups is 1. The number of carbonyl (C=O) groups is 1. The molecule has 0 saturated carbocycles. The zero-order valence-electron chi connectivity index (χ0n) is 14.3. The fourth-order valence-corrected chi connectivity index (χ4v) is 4.28. The molecule has 0 saturated heterocycles. The van der Waals surface area contributed by atoms with Crippen molar-refractivity contribution in [1.82, 2.24) is 25.0 Å². The number of nitrogens with one attached hydrogen (secondary N) is 1. The fourth-order valence-electron chi connectivity index (χ4n) is 3.48. The minimum atomic E-state index is -0.0209. The van der Waals surface area contributed by atoms with Crippen LogP contribution in [0.1, 0.15) is 42.2 Å². The molecule has 132 valence electrons. The number of hydrogen-bond donors (Lipinski definition) is 1. The van der Waals surface area contributed by atoms with Gasteiger partial charge in [-0.25, -0.2) is 4.79 Å². The van der Waals surface area contributed by atoms with Gasteiger partial charge in [-0.3, -0.25) is 0 Å². The molecule has 0 atom stereocenters. The Labute approximate surface area is 151 Å². The summed E-state index contributed by atoms with van der Waals surface area (Å²) in [6, 6.07) is 4.19. The lowest BCUT2D eigenvalue weighted by molar-refractivity contribution is 0.202. The van der Waals surface area contributed by atoms with Gasteiger partial charge in [0.25, 0.3) is 0 Å². The maximum Gasteiger partial charge on any atom is 0.318 e. The van der Waals surface area contributed by atoms with E-state index in [4.69, 9.17) is 0 Å². The summed E-state index contributed by atoms with van der Waals surface area (Å²) in [6.07, 6.45) is 7.64. The first-order valence-electron chi connectivity index (χ1n) is 8.98. The smallest absolute Gasteiger partial charge is 0.318 e. The monoisotopic (exact) mass is 357 g/mol. The number of hydrogen-bond acceptors (Lipinski definition) is 4. The lowest BCUT2D eigenvalue weighted by Crippen LogP contribution is -2.42. The summed E-state index contributed by atoms with van der Waals surface area (Å²) in [5.41, 5.74) is 1.35. The van der Waals surface area contributed by atoms with E-state index in [0.717, 1.165) is 44.0 Å². The van der Waals surface area contributed by atoms with Crippen LogP contribution in [0.15, 0.2) is 23.6 Å². The standard InChI is InChI=1S/C18H23N5OS/c24-18(22-10-7-14(8-11-22)15-5-4-12-25-15)19-13-17-21-20-16-6-2-1-3-9-23(16)17/h4-5,7,12H,1-3,6,8-11,13H2,(H,19,24). The highest BCUT2D eigenvalue weighted by atomic mass is 32.1. The fraction of sp³-hybridized carbons (Fsp3) is 0.500. The van der Waals surface area contributed by atoms with Crippen LogP contribution in [0.2, 0.25) is 0 Å². The number of nitrogens with zero attached hydrogens (tertiary/aromatic N) is 4. The average Bonchev–Trinajstić information content (AvgIpc) is 3.25. The molecule has 6 nitrogen and oxygen atoms in total. The van der Waals surface area contributed by atoms with Crippen LogP contribution in [0.25, 0.3) is 5.57 Å². The second kappa shape index (κ2) is 7.39. The van der Waals surface area contributed by atoms with Crippen LogP contribution in [0.5, 0.6) is 0 Å². The van der Waals surface area contributed by atoms with E-state index in [1.165, 1.54) is 23.3 Å². The molecule has 0 fully saturated rings. The van der Waals surface area contributed by atoms with Crippen LogP contribution >= 0.6 is 11.3 Å². The molecule has 25 heavy (non-hydrogen) atoms. The Kier molecular flexibility index (Phi) is 4.83. The number of thiophene rings is 1. The molecule has 4 rings (SSSR count). The Morgan fingerprint density at radius 2 is 2.16 bits per heavy atom. The van der Waals surface area contributed by atoms with Crippen LogP contribution < -0.4 is 5.32 Å². The highest BCUT2D eigenvalue weighted by Gasteiger charge is 2.20. The normalized spacial score (nSPS) is 17.6. The molecule has 2 amide bonds. The number of carbonyl (C=O) groups excluding carboxylic acids is 1. The summed E-state index contributed by atoms with van der Waals surface area (Å²) in [6.45, 7) is 2.83. The third-order valence-corrected chi connectivity index (χ3v) is 5.86. The molecule has 2 aliphatic rings. The molecular formula is C18H23N5OS. The quantitative estimate of drug-likeness (QED) is 0.918. The first-order valence-corrected chi connectivity index (χ1v) is 9.86. The molecule has 1 N–H and O–H groups in total. The lowest BCUT2D eigenvalue weighted by Gasteiger charge is -2.26. The summed E-state index contributed by atoms with van der Waals surface area (Å²) in [7, 11) is 0. The van der Waals surface area contributed by atoms with Gasteiger partial charge in [0.15, 0.2) is 5.82 Å². The predicted octanol–water partition coefficient (Wildman–Crippen LogP) is 3.06. The molecule has 2 aromatic rings. The van der Waals surface area contributed by atoms with Crippen molar-refractivity contribution < 1.29 is 4.79 Å². The van der Waals surface area contributed by atoms with Gasteiger partial charge >= 0.3 is 6.03 Å². The van der Waals surface area contributed by atoms with E-state index in [2.05, 4.69) is 43.7 Å². The van der Waals surface area contributed by atoms with E-state index in [1.54, 1.807) is 11.3 Å². The molecule has 2 aromatic heterocycles. The average molecular weight is 357 g/mol. The van der Waals surface area contributed by atoms with Crippen LogP contribution in [0.4, 0.5) is 4.79 Å². The highest BCUT2D eigenvalue weighted by molar-refractivity contribution is 7.11. The number of aryl methyl sites for hydroxylation is 1. The van der Waals surface area contributed by atoms with Crippen molar-refractivity contribution in [2.24, 2.45) is 0 Å². The van der Waals surface area contributed by atoms with Crippen molar-refractivity contribution in [2.45, 2.75) is 45.2 Å². The molecule has 0 aliphatic carbocycles. The van der Waals surface area contributed by atoms with Gasteiger partial charge in [0.1, 0.15) is 5.82 Å². The van der Waals surface area contributed by atoms with E-state index >= 15 is 0 Å². The van der Waals surface area contributed by atoms with Crippen molar-refractivity contribution in [3.63, 3.8) is 0 Å². The zero-order valence-corrected chi connectivity index (χ0v) is 15.1. The molecule has 7 heteroatoms. The van der Waals surface area contributed by atoms with Crippen LogP contribution in [-0.4, -0.2) is 38.8 Å². The van der Waals surface area contributed by atoms with Crippen molar-refractivity contribution in [3.05, 3.63) is 40.1 Å². The summed E-state index contributed by atoms with van der Waals surface area (Å²) in [5, 5.41) is 13.7. The Morgan fingerprint density at radius 3 is 2.96 bits per heavy atom. The number of rotatable bonds is 3. The molecule has 0 aromatic carbocycles. The van der Waals surface area contributed by atoms with Gasteiger partial charge in [-0.15, -0.1) is 21.5 Å².